The SMILES string of the molecule is CCC[N+]1(CCC)c2ccccc2OC1C=CC=C1Nc2ccccc2O1. The van der Waals surface area contributed by atoms with Gasteiger partial charge in [-0.05, 0) is 37.1 Å². The standard InChI is InChI=1S/C23H27N2O2/c1-3-16-25(17-4-2)19-11-6-8-13-21(19)27-23(25)15-9-14-22-24-18-10-5-7-12-20(18)26-22/h5-15,23-24H,3-4,16-17H2,1-2H3/q+1. The maximum absolute atomic E-state index is 6.35. The highest BCUT2D eigenvalue weighted by Gasteiger charge is 2.46. The number of nitrogens with one attached hydrogen (secondary N) is 1. The van der Waals surface area contributed by atoms with Crippen LogP contribution >= 0.6 is 0 Å². The number of benzene rings is 2. The molecule has 0 fully saturated rings. The van der Waals surface area contributed by atoms with Crippen LogP contribution in [0.3, 0.4) is 0 Å². The van der Waals surface area contributed by atoms with Crippen molar-refractivity contribution < 1.29 is 9.47 Å². The lowest BCUT2D eigenvalue weighted by Crippen LogP contribution is -2.56. The fourth-order valence-electron chi connectivity index (χ4n) is 4.15. The third kappa shape index (κ3) is 3.21. The Morgan fingerprint density at radius 2 is 1.67 bits per heavy atom. The van der Waals surface area contributed by atoms with Gasteiger partial charge in [-0.2, -0.15) is 0 Å². The smallest absolute Gasteiger partial charge is 0.258 e. The highest BCUT2D eigenvalue weighted by atomic mass is 16.5. The van der Waals surface area contributed by atoms with Crippen LogP contribution in [-0.4, -0.2) is 19.3 Å². The topological polar surface area (TPSA) is 30.5 Å². The van der Waals surface area contributed by atoms with Gasteiger partial charge in [0.1, 0.15) is 0 Å². The average molecular weight is 363 g/mol. The van der Waals surface area contributed by atoms with Crippen molar-refractivity contribution in [3.05, 3.63) is 72.6 Å². The Labute approximate surface area is 161 Å². The summed E-state index contributed by atoms with van der Waals surface area (Å²) in [6.45, 7) is 6.62. The lowest BCUT2D eigenvalue weighted by Gasteiger charge is -2.36. The first kappa shape index (κ1) is 17.7. The number of rotatable bonds is 6. The number of hydrogen-bond donors (Lipinski definition) is 1. The van der Waals surface area contributed by atoms with E-state index >= 15 is 0 Å². The van der Waals surface area contributed by atoms with Crippen molar-refractivity contribution in [3.63, 3.8) is 0 Å². The van der Waals surface area contributed by atoms with Crippen LogP contribution in [0, 0.1) is 0 Å². The van der Waals surface area contributed by atoms with Gasteiger partial charge in [-0.3, -0.25) is 0 Å². The molecule has 0 radical (unpaired) electrons. The summed E-state index contributed by atoms with van der Waals surface area (Å²) in [5, 5.41) is 3.29. The molecule has 140 valence electrons. The lowest BCUT2D eigenvalue weighted by atomic mass is 10.1. The number of fused-ring (bicyclic) bond motifs is 2. The molecule has 1 N–H and O–H groups in total. The Hall–Kier alpha value is -2.72. The molecule has 4 rings (SSSR count). The van der Waals surface area contributed by atoms with Crippen LogP contribution in [0.4, 0.5) is 11.4 Å². The average Bonchev–Trinajstić information content (AvgIpc) is 3.22. The Morgan fingerprint density at radius 3 is 2.41 bits per heavy atom. The van der Waals surface area contributed by atoms with E-state index in [-0.39, 0.29) is 6.23 Å². The molecular formula is C23H27N2O2+. The van der Waals surface area contributed by atoms with Gasteiger partial charge in [0, 0.05) is 12.1 Å². The van der Waals surface area contributed by atoms with Gasteiger partial charge in [-0.15, -0.1) is 0 Å². The number of nitrogens with zero attached hydrogens (tertiary/aromatic N) is 1. The molecule has 27 heavy (non-hydrogen) atoms. The largest absolute Gasteiger partial charge is 0.439 e. The third-order valence-corrected chi connectivity index (χ3v) is 5.21. The lowest BCUT2D eigenvalue weighted by molar-refractivity contribution is 0.105. The van der Waals surface area contributed by atoms with Gasteiger partial charge in [-0.25, -0.2) is 4.48 Å². The maximum atomic E-state index is 6.35. The van der Waals surface area contributed by atoms with Crippen molar-refractivity contribution in [2.24, 2.45) is 0 Å². The van der Waals surface area contributed by atoms with Crippen LogP contribution < -0.4 is 19.3 Å². The predicted molar refractivity (Wildman–Crippen MR) is 111 cm³/mol. The summed E-state index contributed by atoms with van der Waals surface area (Å²) < 4.78 is 13.0. The Balaban J connectivity index is 1.57. The zero-order chi connectivity index (χ0) is 18.7. The molecule has 4 heteroatoms. The van der Waals surface area contributed by atoms with Gasteiger partial charge in [0.15, 0.2) is 23.1 Å². The number of para-hydroxylation sites is 4. The monoisotopic (exact) mass is 363 g/mol. The zero-order valence-corrected chi connectivity index (χ0v) is 16.0. The zero-order valence-electron chi connectivity index (χ0n) is 16.0. The Kier molecular flexibility index (Phi) is 4.90. The van der Waals surface area contributed by atoms with Gasteiger partial charge < -0.3 is 14.8 Å². The first-order chi connectivity index (χ1) is 13.3. The molecule has 0 aromatic heterocycles. The Bertz CT molecular complexity index is 839. The maximum Gasteiger partial charge on any atom is 0.258 e. The minimum atomic E-state index is -0.0112. The van der Waals surface area contributed by atoms with Crippen molar-refractivity contribution >= 4 is 11.4 Å². The number of anilines is 1. The predicted octanol–water partition coefficient (Wildman–Crippen LogP) is 5.43. The number of allylic oxidation sites excluding steroid dienone is 2. The van der Waals surface area contributed by atoms with Crippen molar-refractivity contribution in [1.29, 1.82) is 0 Å². The van der Waals surface area contributed by atoms with Crippen molar-refractivity contribution in [2.45, 2.75) is 32.9 Å². The molecule has 0 saturated heterocycles. The van der Waals surface area contributed by atoms with Gasteiger partial charge in [0.25, 0.3) is 6.23 Å². The van der Waals surface area contributed by atoms with Crippen LogP contribution in [0.25, 0.3) is 0 Å². The van der Waals surface area contributed by atoms with Crippen LogP contribution in [0.2, 0.25) is 0 Å². The number of ether oxygens (including phenoxy) is 2. The molecule has 0 saturated carbocycles. The van der Waals surface area contributed by atoms with E-state index in [1.54, 1.807) is 0 Å². The molecule has 2 heterocycles. The van der Waals surface area contributed by atoms with Gasteiger partial charge in [0.2, 0.25) is 0 Å². The fourth-order valence-corrected chi connectivity index (χ4v) is 4.15. The van der Waals surface area contributed by atoms with Crippen LogP contribution in [0.1, 0.15) is 26.7 Å². The summed E-state index contributed by atoms with van der Waals surface area (Å²) in [4.78, 5) is 0. The van der Waals surface area contributed by atoms with E-state index in [9.17, 15) is 0 Å². The van der Waals surface area contributed by atoms with Crippen molar-refractivity contribution in [2.75, 3.05) is 18.4 Å². The summed E-state index contributed by atoms with van der Waals surface area (Å²) in [5.41, 5.74) is 2.30. The van der Waals surface area contributed by atoms with Crippen LogP contribution in [-0.2, 0) is 0 Å². The quantitative estimate of drug-likeness (QED) is 0.694. The second kappa shape index (κ2) is 7.49. The van der Waals surface area contributed by atoms with Crippen LogP contribution in [0.15, 0.2) is 72.6 Å². The van der Waals surface area contributed by atoms with E-state index in [0.717, 1.165) is 53.5 Å². The van der Waals surface area contributed by atoms with Crippen molar-refractivity contribution in [1.82, 2.24) is 4.48 Å². The summed E-state index contributed by atoms with van der Waals surface area (Å²) in [6.07, 6.45) is 8.39. The van der Waals surface area contributed by atoms with Gasteiger partial charge >= 0.3 is 0 Å². The molecule has 2 aromatic carbocycles. The van der Waals surface area contributed by atoms with E-state index in [2.05, 4.69) is 43.4 Å². The molecular weight excluding hydrogens is 336 g/mol. The van der Waals surface area contributed by atoms with E-state index in [0.29, 0.717) is 0 Å². The highest BCUT2D eigenvalue weighted by Crippen LogP contribution is 2.43. The number of hydrogen-bond acceptors (Lipinski definition) is 3. The molecule has 4 nitrogen and oxygen atoms in total. The fraction of sp³-hybridized carbons (Fsp3) is 0.304. The molecule has 1 atom stereocenters. The summed E-state index contributed by atoms with van der Waals surface area (Å²) in [6, 6.07) is 16.4. The molecule has 0 amide bonds. The normalized spacial score (nSPS) is 20.8. The molecule has 2 aromatic rings. The number of quaternary nitrogens is 1. The molecule has 0 spiro atoms. The summed E-state index contributed by atoms with van der Waals surface area (Å²) >= 11 is 0. The highest BCUT2D eigenvalue weighted by molar-refractivity contribution is 5.64. The first-order valence-corrected chi connectivity index (χ1v) is 9.82. The molecule has 0 aliphatic carbocycles. The van der Waals surface area contributed by atoms with E-state index in [4.69, 9.17) is 9.47 Å². The second-order valence-corrected chi connectivity index (χ2v) is 7.10. The molecule has 2 aliphatic heterocycles. The minimum Gasteiger partial charge on any atom is -0.439 e. The third-order valence-electron chi connectivity index (χ3n) is 5.21. The Morgan fingerprint density at radius 1 is 0.963 bits per heavy atom. The summed E-state index contributed by atoms with van der Waals surface area (Å²) in [7, 11) is 0. The van der Waals surface area contributed by atoms with Gasteiger partial charge in [0.05, 0.1) is 18.8 Å². The molecule has 2 aliphatic rings. The van der Waals surface area contributed by atoms with Crippen LogP contribution in [0.5, 0.6) is 11.5 Å². The summed E-state index contributed by atoms with van der Waals surface area (Å²) in [5.74, 6) is 2.61. The first-order valence-electron chi connectivity index (χ1n) is 9.82. The molecule has 0 bridgehead atoms. The molecule has 1 unspecified atom stereocenters. The van der Waals surface area contributed by atoms with Crippen molar-refractivity contribution in [3.8, 4) is 11.5 Å². The minimum absolute atomic E-state index is 0.0112. The van der Waals surface area contributed by atoms with E-state index in [1.165, 1.54) is 5.69 Å². The van der Waals surface area contributed by atoms with Gasteiger partial charge in [-0.1, -0.05) is 44.2 Å². The second-order valence-electron chi connectivity index (χ2n) is 7.10. The van der Waals surface area contributed by atoms with E-state index < -0.39 is 0 Å². The van der Waals surface area contributed by atoms with E-state index in [1.807, 2.05) is 42.5 Å².